The average Bonchev–Trinajstić information content (AvgIpc) is 3.00. The minimum absolute atomic E-state index is 0.239. The lowest BCUT2D eigenvalue weighted by Crippen LogP contribution is -2.08. The number of carbonyl (C=O) groups is 2. The Bertz CT molecular complexity index is 1160. The van der Waals surface area contributed by atoms with Crippen LogP contribution in [-0.4, -0.2) is 25.2 Å². The van der Waals surface area contributed by atoms with Gasteiger partial charge in [0.1, 0.15) is 0 Å². The van der Waals surface area contributed by atoms with Gasteiger partial charge in [0, 0.05) is 5.56 Å². The Labute approximate surface area is 187 Å². The van der Waals surface area contributed by atoms with Crippen LogP contribution in [-0.2, 0) is 9.47 Å². The van der Waals surface area contributed by atoms with E-state index in [4.69, 9.17) is 9.47 Å². The van der Waals surface area contributed by atoms with E-state index in [1.54, 1.807) is 13.8 Å². The third kappa shape index (κ3) is 4.00. The zero-order valence-electron chi connectivity index (χ0n) is 18.1. The molecule has 4 rings (SSSR count). The summed E-state index contributed by atoms with van der Waals surface area (Å²) >= 11 is 0. The van der Waals surface area contributed by atoms with Gasteiger partial charge in [0.25, 0.3) is 0 Å². The number of rotatable bonds is 6. The molecule has 0 radical (unpaired) electrons. The molecule has 0 amide bonds. The zero-order valence-corrected chi connectivity index (χ0v) is 18.1. The highest BCUT2D eigenvalue weighted by molar-refractivity contribution is 6.17. The van der Waals surface area contributed by atoms with Gasteiger partial charge in [0.15, 0.2) is 0 Å². The minimum Gasteiger partial charge on any atom is -0.462 e. The first-order valence-electron chi connectivity index (χ1n) is 10.7. The van der Waals surface area contributed by atoms with Gasteiger partial charge in [-0.1, -0.05) is 84.9 Å². The fourth-order valence-electron chi connectivity index (χ4n) is 3.96. The molecular weight excluding hydrogens is 400 g/mol. The van der Waals surface area contributed by atoms with Gasteiger partial charge in [-0.15, -0.1) is 0 Å². The van der Waals surface area contributed by atoms with Crippen LogP contribution in [0.5, 0.6) is 0 Å². The highest BCUT2D eigenvalue weighted by Crippen LogP contribution is 2.43. The number of esters is 2. The number of fused-ring (bicyclic) bond motifs is 1. The molecule has 0 fully saturated rings. The second-order valence-electron chi connectivity index (χ2n) is 7.25. The van der Waals surface area contributed by atoms with E-state index in [-0.39, 0.29) is 13.2 Å². The smallest absolute Gasteiger partial charge is 0.339 e. The molecule has 0 atom stereocenters. The fraction of sp³-hybridized carbons (Fsp3) is 0.143. The summed E-state index contributed by atoms with van der Waals surface area (Å²) in [5.74, 6) is -0.918. The van der Waals surface area contributed by atoms with Crippen molar-refractivity contribution in [2.75, 3.05) is 13.2 Å². The quantitative estimate of drug-likeness (QED) is 0.333. The molecule has 0 aliphatic heterocycles. The van der Waals surface area contributed by atoms with Crippen molar-refractivity contribution in [2.45, 2.75) is 13.8 Å². The van der Waals surface area contributed by atoms with Crippen molar-refractivity contribution in [3.63, 3.8) is 0 Å². The van der Waals surface area contributed by atoms with Gasteiger partial charge in [-0.25, -0.2) is 9.59 Å². The first-order chi connectivity index (χ1) is 15.7. The third-order valence-electron chi connectivity index (χ3n) is 5.32. The van der Waals surface area contributed by atoms with E-state index in [0.29, 0.717) is 27.8 Å². The van der Waals surface area contributed by atoms with Crippen LogP contribution in [0.3, 0.4) is 0 Å². The molecule has 0 saturated heterocycles. The number of hydrogen-bond donors (Lipinski definition) is 0. The van der Waals surface area contributed by atoms with E-state index in [1.165, 1.54) is 0 Å². The zero-order chi connectivity index (χ0) is 22.5. The molecule has 0 heterocycles. The molecular formula is C28H24O4. The van der Waals surface area contributed by atoms with Crippen molar-refractivity contribution < 1.29 is 19.1 Å². The molecule has 4 nitrogen and oxygen atoms in total. The number of benzene rings is 2. The molecule has 32 heavy (non-hydrogen) atoms. The van der Waals surface area contributed by atoms with Gasteiger partial charge in [-0.2, -0.15) is 0 Å². The highest BCUT2D eigenvalue weighted by Gasteiger charge is 2.32. The number of ether oxygens (including phenoxy) is 2. The van der Waals surface area contributed by atoms with Crippen LogP contribution in [0.4, 0.5) is 0 Å². The number of hydrogen-bond acceptors (Lipinski definition) is 4. The summed E-state index contributed by atoms with van der Waals surface area (Å²) in [6.07, 6.45) is 0. The van der Waals surface area contributed by atoms with Crippen LogP contribution in [0.15, 0.2) is 84.9 Å². The van der Waals surface area contributed by atoms with Crippen molar-refractivity contribution in [3.05, 3.63) is 96.1 Å². The van der Waals surface area contributed by atoms with Crippen molar-refractivity contribution in [3.8, 4) is 33.4 Å². The first-order valence-corrected chi connectivity index (χ1v) is 10.7. The first kappa shape index (κ1) is 21.3. The Morgan fingerprint density at radius 3 is 1.41 bits per heavy atom. The van der Waals surface area contributed by atoms with Gasteiger partial charge >= 0.3 is 11.9 Å². The normalized spacial score (nSPS) is 10.7. The molecule has 0 spiro atoms. The summed E-state index contributed by atoms with van der Waals surface area (Å²) in [6.45, 7) is 4.02. The molecule has 0 unspecified atom stereocenters. The van der Waals surface area contributed by atoms with Crippen LogP contribution in [0.25, 0.3) is 33.4 Å². The molecule has 4 heteroatoms. The van der Waals surface area contributed by atoms with Gasteiger partial charge in [0.2, 0.25) is 0 Å². The van der Waals surface area contributed by atoms with Crippen LogP contribution in [0.1, 0.15) is 34.6 Å². The lowest BCUT2D eigenvalue weighted by molar-refractivity contribution is 0.0525. The third-order valence-corrected chi connectivity index (χ3v) is 5.32. The standard InChI is InChI=1S/C28H24O4/c1-3-31-27(29)25-22-17-15-20(19-11-7-5-8-12-19)16-18-23(22)26(28(30)32-4-2)24(25)21-13-9-6-10-14-21/h5-18H,3-4H2,1-2H3. The largest absolute Gasteiger partial charge is 0.462 e. The molecule has 0 saturated carbocycles. The lowest BCUT2D eigenvalue weighted by atomic mass is 10.00. The number of carbonyl (C=O) groups excluding carboxylic acids is 2. The maximum atomic E-state index is 13.1. The van der Waals surface area contributed by atoms with E-state index < -0.39 is 11.9 Å². The highest BCUT2D eigenvalue weighted by atomic mass is 16.5. The van der Waals surface area contributed by atoms with Crippen LogP contribution < -0.4 is 0 Å². The van der Waals surface area contributed by atoms with Gasteiger partial charge in [-0.05, 0) is 41.7 Å². The summed E-state index contributed by atoms with van der Waals surface area (Å²) in [6, 6.07) is 27.1. The maximum absolute atomic E-state index is 13.1. The van der Waals surface area contributed by atoms with Gasteiger partial charge in [0.05, 0.1) is 24.3 Å². The van der Waals surface area contributed by atoms with Crippen molar-refractivity contribution >= 4 is 11.9 Å². The van der Waals surface area contributed by atoms with Crippen molar-refractivity contribution in [1.82, 2.24) is 0 Å². The minimum atomic E-state index is -0.459. The summed E-state index contributed by atoms with van der Waals surface area (Å²) in [5, 5.41) is 0. The molecule has 0 bridgehead atoms. The van der Waals surface area contributed by atoms with E-state index in [9.17, 15) is 9.59 Å². The Morgan fingerprint density at radius 2 is 0.969 bits per heavy atom. The molecule has 2 aliphatic rings. The van der Waals surface area contributed by atoms with E-state index >= 15 is 0 Å². The molecule has 160 valence electrons. The van der Waals surface area contributed by atoms with Crippen LogP contribution in [0, 0.1) is 0 Å². The summed E-state index contributed by atoms with van der Waals surface area (Å²) in [5.41, 5.74) is 5.42. The molecule has 2 aromatic rings. The Hall–Kier alpha value is -3.92. The summed E-state index contributed by atoms with van der Waals surface area (Å²) in [4.78, 5) is 26.3. The maximum Gasteiger partial charge on any atom is 0.339 e. The SMILES string of the molecule is CCOC(=O)c1c2ccc(-c3ccccc3)ccc-2c(C(=O)OCC)c1-c1ccccc1. The van der Waals surface area contributed by atoms with Crippen LogP contribution >= 0.6 is 0 Å². The lowest BCUT2D eigenvalue weighted by Gasteiger charge is -2.08. The molecule has 2 aromatic carbocycles. The Kier molecular flexibility index (Phi) is 6.31. The predicted molar refractivity (Wildman–Crippen MR) is 126 cm³/mol. The Balaban J connectivity index is 2.05. The predicted octanol–water partition coefficient (Wildman–Crippen LogP) is 6.48. The molecule has 0 aromatic heterocycles. The second kappa shape index (κ2) is 9.48. The van der Waals surface area contributed by atoms with Crippen molar-refractivity contribution in [1.29, 1.82) is 0 Å². The Morgan fingerprint density at radius 1 is 0.562 bits per heavy atom. The van der Waals surface area contributed by atoms with Crippen molar-refractivity contribution in [2.24, 2.45) is 0 Å². The summed E-state index contributed by atoms with van der Waals surface area (Å²) in [7, 11) is 0. The van der Waals surface area contributed by atoms with E-state index in [1.807, 2.05) is 84.9 Å². The van der Waals surface area contributed by atoms with Gasteiger partial charge in [-0.3, -0.25) is 0 Å². The topological polar surface area (TPSA) is 52.6 Å². The monoisotopic (exact) mass is 424 g/mol. The fourth-order valence-corrected chi connectivity index (χ4v) is 3.96. The van der Waals surface area contributed by atoms with Gasteiger partial charge < -0.3 is 9.47 Å². The molecule has 0 N–H and O–H groups in total. The van der Waals surface area contributed by atoms with E-state index in [2.05, 4.69) is 0 Å². The summed E-state index contributed by atoms with van der Waals surface area (Å²) < 4.78 is 10.8. The van der Waals surface area contributed by atoms with Crippen LogP contribution in [0.2, 0.25) is 0 Å². The van der Waals surface area contributed by atoms with E-state index in [0.717, 1.165) is 16.7 Å². The average molecular weight is 424 g/mol. The molecule has 2 aliphatic carbocycles. The second-order valence-corrected chi connectivity index (χ2v) is 7.25.